The van der Waals surface area contributed by atoms with Crippen LogP contribution in [0.15, 0.2) is 48.5 Å². The number of carbonyl (C=O) groups is 1. The number of imidazole rings is 1. The van der Waals surface area contributed by atoms with Crippen molar-refractivity contribution in [2.75, 3.05) is 6.61 Å². The van der Waals surface area contributed by atoms with E-state index in [1.165, 1.54) is 5.56 Å². The normalized spacial score (nSPS) is 11.1. The third kappa shape index (κ3) is 4.04. The van der Waals surface area contributed by atoms with E-state index in [0.717, 1.165) is 16.8 Å². The number of hydrogen-bond donors (Lipinski definition) is 0. The number of aromatic nitrogens is 2. The highest BCUT2D eigenvalue weighted by Gasteiger charge is 2.14. The Morgan fingerprint density at radius 1 is 1.12 bits per heavy atom. The van der Waals surface area contributed by atoms with Crippen LogP contribution in [0.3, 0.4) is 0 Å². The molecular formula is C21H24N2O3. The zero-order valence-corrected chi connectivity index (χ0v) is 15.4. The number of carbonyl (C=O) groups excluding carboxylic acids is 1. The molecule has 0 aliphatic carbocycles. The molecule has 0 atom stereocenters. The molecular weight excluding hydrogens is 328 g/mol. The van der Waals surface area contributed by atoms with Gasteiger partial charge in [-0.1, -0.05) is 38.1 Å². The van der Waals surface area contributed by atoms with Crippen molar-refractivity contribution in [3.63, 3.8) is 0 Å². The summed E-state index contributed by atoms with van der Waals surface area (Å²) in [6, 6.07) is 15.8. The average Bonchev–Trinajstić information content (AvgIpc) is 2.98. The van der Waals surface area contributed by atoms with Crippen LogP contribution in [0.1, 0.15) is 38.1 Å². The third-order valence-corrected chi connectivity index (χ3v) is 4.24. The highest BCUT2D eigenvalue weighted by molar-refractivity contribution is 5.78. The molecule has 0 fully saturated rings. The maximum absolute atomic E-state index is 12.0. The molecule has 136 valence electrons. The zero-order valence-electron chi connectivity index (χ0n) is 15.4. The Labute approximate surface area is 153 Å². The Kier molecular flexibility index (Phi) is 5.56. The number of esters is 1. The summed E-state index contributed by atoms with van der Waals surface area (Å²) in [6.07, 6.45) is 0. The first-order valence-electron chi connectivity index (χ1n) is 8.91. The molecule has 0 aliphatic heterocycles. The van der Waals surface area contributed by atoms with Crippen LogP contribution in [0.2, 0.25) is 0 Å². The summed E-state index contributed by atoms with van der Waals surface area (Å²) in [5, 5.41) is 0. The van der Waals surface area contributed by atoms with Crippen molar-refractivity contribution in [3.05, 3.63) is 59.9 Å². The Bertz CT molecular complexity index is 882. The first kappa shape index (κ1) is 18.0. The number of ether oxygens (including phenoxy) is 2. The van der Waals surface area contributed by atoms with Gasteiger partial charge in [-0.15, -0.1) is 0 Å². The quantitative estimate of drug-likeness (QED) is 0.595. The van der Waals surface area contributed by atoms with Crippen molar-refractivity contribution < 1.29 is 14.3 Å². The molecule has 0 N–H and O–H groups in total. The molecule has 2 aromatic carbocycles. The number of benzene rings is 2. The molecule has 0 saturated heterocycles. The Morgan fingerprint density at radius 3 is 2.54 bits per heavy atom. The van der Waals surface area contributed by atoms with Crippen molar-refractivity contribution in [2.45, 2.75) is 39.8 Å². The van der Waals surface area contributed by atoms with E-state index in [1.807, 2.05) is 41.0 Å². The Balaban J connectivity index is 1.81. The summed E-state index contributed by atoms with van der Waals surface area (Å²) in [5.74, 6) is 1.69. The monoisotopic (exact) mass is 352 g/mol. The van der Waals surface area contributed by atoms with E-state index in [-0.39, 0.29) is 19.1 Å². The van der Waals surface area contributed by atoms with E-state index in [9.17, 15) is 4.79 Å². The summed E-state index contributed by atoms with van der Waals surface area (Å²) in [4.78, 5) is 16.6. The largest absolute Gasteiger partial charge is 0.486 e. The van der Waals surface area contributed by atoms with Gasteiger partial charge in [-0.05, 0) is 42.7 Å². The molecule has 5 heteroatoms. The third-order valence-electron chi connectivity index (χ3n) is 4.24. The van der Waals surface area contributed by atoms with Gasteiger partial charge in [0.1, 0.15) is 24.7 Å². The van der Waals surface area contributed by atoms with Gasteiger partial charge in [0.25, 0.3) is 0 Å². The SMILES string of the molecule is CCOC(=O)Cn1c(COc2ccc(C(C)C)cc2)nc2ccccc21. The molecule has 0 amide bonds. The van der Waals surface area contributed by atoms with Gasteiger partial charge in [0, 0.05) is 0 Å². The van der Waals surface area contributed by atoms with Crippen LogP contribution in [0, 0.1) is 0 Å². The predicted octanol–water partition coefficient (Wildman–Crippen LogP) is 4.30. The number of fused-ring (bicyclic) bond motifs is 1. The van der Waals surface area contributed by atoms with Gasteiger partial charge in [-0.3, -0.25) is 4.79 Å². The van der Waals surface area contributed by atoms with Crippen LogP contribution in [0.25, 0.3) is 11.0 Å². The summed E-state index contributed by atoms with van der Waals surface area (Å²) in [5.41, 5.74) is 3.01. The second-order valence-electron chi connectivity index (χ2n) is 6.42. The maximum atomic E-state index is 12.0. The molecule has 26 heavy (non-hydrogen) atoms. The molecule has 0 bridgehead atoms. The van der Waals surface area contributed by atoms with Crippen molar-refractivity contribution in [3.8, 4) is 5.75 Å². The minimum Gasteiger partial charge on any atom is -0.486 e. The lowest BCUT2D eigenvalue weighted by Gasteiger charge is -2.11. The van der Waals surface area contributed by atoms with Crippen molar-refractivity contribution >= 4 is 17.0 Å². The summed E-state index contributed by atoms with van der Waals surface area (Å²) >= 11 is 0. The molecule has 0 radical (unpaired) electrons. The van der Waals surface area contributed by atoms with Gasteiger partial charge in [0.05, 0.1) is 17.6 Å². The first-order valence-corrected chi connectivity index (χ1v) is 8.91. The molecule has 0 aliphatic rings. The van der Waals surface area contributed by atoms with Crippen molar-refractivity contribution in [2.24, 2.45) is 0 Å². The number of nitrogens with zero attached hydrogens (tertiary/aromatic N) is 2. The Hall–Kier alpha value is -2.82. The van der Waals surface area contributed by atoms with E-state index in [1.54, 1.807) is 6.92 Å². The standard InChI is InChI=1S/C21H24N2O3/c1-4-25-21(24)13-23-19-8-6-5-7-18(19)22-20(23)14-26-17-11-9-16(10-12-17)15(2)3/h5-12,15H,4,13-14H2,1-3H3. The lowest BCUT2D eigenvalue weighted by molar-refractivity contribution is -0.143. The van der Waals surface area contributed by atoms with Gasteiger partial charge >= 0.3 is 5.97 Å². The van der Waals surface area contributed by atoms with Gasteiger partial charge < -0.3 is 14.0 Å². The van der Waals surface area contributed by atoms with Gasteiger partial charge in [0.15, 0.2) is 0 Å². The molecule has 0 saturated carbocycles. The van der Waals surface area contributed by atoms with Crippen LogP contribution in [-0.2, 0) is 22.7 Å². The minimum absolute atomic E-state index is 0.124. The summed E-state index contributed by atoms with van der Waals surface area (Å²) in [6.45, 7) is 6.89. The fraction of sp³-hybridized carbons (Fsp3) is 0.333. The van der Waals surface area contributed by atoms with Crippen LogP contribution in [0.5, 0.6) is 5.75 Å². The first-order chi connectivity index (χ1) is 12.6. The molecule has 1 heterocycles. The molecule has 5 nitrogen and oxygen atoms in total. The molecule has 1 aromatic heterocycles. The van der Waals surface area contributed by atoms with E-state index in [4.69, 9.17) is 9.47 Å². The molecule has 0 spiro atoms. The van der Waals surface area contributed by atoms with E-state index in [2.05, 4.69) is 31.0 Å². The lowest BCUT2D eigenvalue weighted by Crippen LogP contribution is -2.16. The van der Waals surface area contributed by atoms with Gasteiger partial charge in [-0.2, -0.15) is 0 Å². The maximum Gasteiger partial charge on any atom is 0.326 e. The smallest absolute Gasteiger partial charge is 0.326 e. The van der Waals surface area contributed by atoms with Crippen LogP contribution >= 0.6 is 0 Å². The van der Waals surface area contributed by atoms with E-state index in [0.29, 0.717) is 18.3 Å². The highest BCUT2D eigenvalue weighted by Crippen LogP contribution is 2.21. The summed E-state index contributed by atoms with van der Waals surface area (Å²) < 4.78 is 12.8. The van der Waals surface area contributed by atoms with E-state index >= 15 is 0 Å². The Morgan fingerprint density at radius 2 is 1.85 bits per heavy atom. The number of hydrogen-bond acceptors (Lipinski definition) is 4. The van der Waals surface area contributed by atoms with Gasteiger partial charge in [0.2, 0.25) is 0 Å². The zero-order chi connectivity index (χ0) is 18.5. The second-order valence-corrected chi connectivity index (χ2v) is 6.42. The lowest BCUT2D eigenvalue weighted by atomic mass is 10.0. The molecule has 0 unspecified atom stereocenters. The second kappa shape index (κ2) is 8.04. The average molecular weight is 352 g/mol. The molecule has 3 rings (SSSR count). The topological polar surface area (TPSA) is 53.4 Å². The minimum atomic E-state index is -0.279. The van der Waals surface area contributed by atoms with Crippen molar-refractivity contribution in [1.29, 1.82) is 0 Å². The van der Waals surface area contributed by atoms with Crippen molar-refractivity contribution in [1.82, 2.24) is 9.55 Å². The predicted molar refractivity (Wildman–Crippen MR) is 101 cm³/mol. The van der Waals surface area contributed by atoms with Crippen LogP contribution in [-0.4, -0.2) is 22.1 Å². The van der Waals surface area contributed by atoms with Gasteiger partial charge in [-0.25, -0.2) is 4.98 Å². The number of rotatable bonds is 7. The fourth-order valence-electron chi connectivity index (χ4n) is 2.84. The van der Waals surface area contributed by atoms with Crippen LogP contribution in [0.4, 0.5) is 0 Å². The summed E-state index contributed by atoms with van der Waals surface area (Å²) in [7, 11) is 0. The number of para-hydroxylation sites is 2. The fourth-order valence-corrected chi connectivity index (χ4v) is 2.84. The molecule has 3 aromatic rings. The van der Waals surface area contributed by atoms with E-state index < -0.39 is 0 Å². The van der Waals surface area contributed by atoms with Crippen LogP contribution < -0.4 is 4.74 Å². The highest BCUT2D eigenvalue weighted by atomic mass is 16.5.